The molecular formula is C16H21N3O2S. The summed E-state index contributed by atoms with van der Waals surface area (Å²) in [7, 11) is 0. The third kappa shape index (κ3) is 3.23. The highest BCUT2D eigenvalue weighted by atomic mass is 32.1. The van der Waals surface area contributed by atoms with Crippen LogP contribution in [0.2, 0.25) is 0 Å². The lowest BCUT2D eigenvalue weighted by Crippen LogP contribution is -2.34. The Morgan fingerprint density at radius 3 is 3.18 bits per heavy atom. The van der Waals surface area contributed by atoms with Crippen molar-refractivity contribution in [2.75, 3.05) is 0 Å². The standard InChI is InChI=1S/C16H21N3O2S/c1-11(9-14(20)15-6-4-8-22-15)18-16(21)12-10-17-19-7-3-2-5-13(12)19/h4,6,8,10-11,14,20H,2-3,5,7,9H2,1H3,(H,18,21). The summed E-state index contributed by atoms with van der Waals surface area (Å²) in [6.45, 7) is 2.82. The van der Waals surface area contributed by atoms with Crippen LogP contribution in [0.25, 0.3) is 0 Å². The number of fused-ring (bicyclic) bond motifs is 1. The fourth-order valence-electron chi connectivity index (χ4n) is 2.90. The van der Waals surface area contributed by atoms with Gasteiger partial charge in [-0.15, -0.1) is 11.3 Å². The van der Waals surface area contributed by atoms with Crippen LogP contribution in [0.3, 0.4) is 0 Å². The van der Waals surface area contributed by atoms with Gasteiger partial charge in [0, 0.05) is 17.5 Å². The number of nitrogens with one attached hydrogen (secondary N) is 1. The van der Waals surface area contributed by atoms with Crippen molar-refractivity contribution in [3.05, 3.63) is 39.8 Å². The van der Waals surface area contributed by atoms with Crippen molar-refractivity contribution in [3.63, 3.8) is 0 Å². The predicted octanol–water partition coefficient (Wildman–Crippen LogP) is 2.52. The van der Waals surface area contributed by atoms with E-state index >= 15 is 0 Å². The molecule has 5 nitrogen and oxygen atoms in total. The van der Waals surface area contributed by atoms with E-state index in [1.54, 1.807) is 6.20 Å². The van der Waals surface area contributed by atoms with E-state index in [-0.39, 0.29) is 11.9 Å². The van der Waals surface area contributed by atoms with Gasteiger partial charge >= 0.3 is 0 Å². The fraction of sp³-hybridized carbons (Fsp3) is 0.500. The van der Waals surface area contributed by atoms with E-state index < -0.39 is 6.10 Å². The molecule has 0 aliphatic carbocycles. The van der Waals surface area contributed by atoms with Gasteiger partial charge in [-0.2, -0.15) is 5.10 Å². The number of aryl methyl sites for hydroxylation is 1. The molecule has 0 radical (unpaired) electrons. The number of carbonyl (C=O) groups is 1. The van der Waals surface area contributed by atoms with E-state index in [4.69, 9.17) is 0 Å². The molecule has 6 heteroatoms. The second-order valence-electron chi connectivity index (χ2n) is 5.83. The average molecular weight is 319 g/mol. The maximum atomic E-state index is 12.4. The van der Waals surface area contributed by atoms with Gasteiger partial charge in [-0.3, -0.25) is 9.48 Å². The van der Waals surface area contributed by atoms with Crippen LogP contribution >= 0.6 is 11.3 Å². The first-order valence-corrected chi connectivity index (χ1v) is 8.60. The Hall–Kier alpha value is -1.66. The summed E-state index contributed by atoms with van der Waals surface area (Å²) in [4.78, 5) is 13.3. The molecule has 2 aromatic heterocycles. The van der Waals surface area contributed by atoms with Gasteiger partial charge in [0.25, 0.3) is 5.91 Å². The molecule has 3 rings (SSSR count). The van der Waals surface area contributed by atoms with Gasteiger partial charge in [-0.1, -0.05) is 6.07 Å². The molecule has 2 unspecified atom stereocenters. The number of hydrogen-bond donors (Lipinski definition) is 2. The van der Waals surface area contributed by atoms with Crippen LogP contribution in [-0.2, 0) is 13.0 Å². The molecule has 1 amide bonds. The molecule has 22 heavy (non-hydrogen) atoms. The highest BCUT2D eigenvalue weighted by Crippen LogP contribution is 2.23. The number of aliphatic hydroxyl groups excluding tert-OH is 1. The van der Waals surface area contributed by atoms with Gasteiger partial charge < -0.3 is 10.4 Å². The number of hydrogen-bond acceptors (Lipinski definition) is 4. The molecule has 2 N–H and O–H groups in total. The smallest absolute Gasteiger partial charge is 0.254 e. The van der Waals surface area contributed by atoms with Crippen LogP contribution in [-0.4, -0.2) is 26.8 Å². The molecular weight excluding hydrogens is 298 g/mol. The first kappa shape index (κ1) is 15.2. The number of nitrogens with zero attached hydrogens (tertiary/aromatic N) is 2. The molecule has 2 atom stereocenters. The van der Waals surface area contributed by atoms with Crippen molar-refractivity contribution < 1.29 is 9.90 Å². The molecule has 118 valence electrons. The maximum Gasteiger partial charge on any atom is 0.254 e. The number of amides is 1. The van der Waals surface area contributed by atoms with Gasteiger partial charge in [0.05, 0.1) is 23.6 Å². The van der Waals surface area contributed by atoms with Gasteiger partial charge in [0.1, 0.15) is 0 Å². The van der Waals surface area contributed by atoms with Crippen molar-refractivity contribution in [1.29, 1.82) is 0 Å². The SMILES string of the molecule is CC(CC(O)c1cccs1)NC(=O)c1cnn2c1CCCC2. The quantitative estimate of drug-likeness (QED) is 0.890. The van der Waals surface area contributed by atoms with Gasteiger partial charge in [0.2, 0.25) is 0 Å². The summed E-state index contributed by atoms with van der Waals surface area (Å²) in [5.41, 5.74) is 1.71. The molecule has 0 saturated heterocycles. The minimum atomic E-state index is -0.531. The minimum absolute atomic E-state index is 0.0889. The summed E-state index contributed by atoms with van der Waals surface area (Å²) in [5, 5.41) is 19.4. The lowest BCUT2D eigenvalue weighted by molar-refractivity contribution is 0.0917. The van der Waals surface area contributed by atoms with Crippen molar-refractivity contribution >= 4 is 17.2 Å². The molecule has 1 aliphatic rings. The Kier molecular flexibility index (Phi) is 4.59. The first-order valence-electron chi connectivity index (χ1n) is 7.72. The maximum absolute atomic E-state index is 12.4. The zero-order valence-corrected chi connectivity index (χ0v) is 13.5. The normalized spacial score (nSPS) is 16.8. The summed E-state index contributed by atoms with van der Waals surface area (Å²) in [6.07, 6.45) is 4.79. The van der Waals surface area contributed by atoms with Crippen molar-refractivity contribution in [2.45, 2.75) is 51.3 Å². The second kappa shape index (κ2) is 6.62. The van der Waals surface area contributed by atoms with Crippen LogP contribution in [0.5, 0.6) is 0 Å². The van der Waals surface area contributed by atoms with Crippen LogP contribution in [0.15, 0.2) is 23.7 Å². The first-order chi connectivity index (χ1) is 10.6. The number of rotatable bonds is 5. The Morgan fingerprint density at radius 1 is 1.55 bits per heavy atom. The number of aromatic nitrogens is 2. The summed E-state index contributed by atoms with van der Waals surface area (Å²) in [6, 6.07) is 3.74. The molecule has 2 aromatic rings. The Bertz CT molecular complexity index is 636. The van der Waals surface area contributed by atoms with E-state index in [0.29, 0.717) is 12.0 Å². The summed E-state index contributed by atoms with van der Waals surface area (Å²) >= 11 is 1.53. The van der Waals surface area contributed by atoms with E-state index in [1.807, 2.05) is 29.1 Å². The molecule has 0 saturated carbocycles. The molecule has 0 spiro atoms. The number of carbonyl (C=O) groups excluding carboxylic acids is 1. The molecule has 0 bridgehead atoms. The highest BCUT2D eigenvalue weighted by Gasteiger charge is 2.22. The Labute approximate surface area is 134 Å². The third-order valence-corrected chi connectivity index (χ3v) is 5.03. The summed E-state index contributed by atoms with van der Waals surface area (Å²) < 4.78 is 1.93. The van der Waals surface area contributed by atoms with E-state index in [0.717, 1.165) is 36.4 Å². The fourth-order valence-corrected chi connectivity index (χ4v) is 3.63. The van der Waals surface area contributed by atoms with Crippen molar-refractivity contribution in [2.24, 2.45) is 0 Å². The largest absolute Gasteiger partial charge is 0.387 e. The predicted molar refractivity (Wildman–Crippen MR) is 86.0 cm³/mol. The van der Waals surface area contributed by atoms with Crippen LogP contribution in [0, 0.1) is 0 Å². The van der Waals surface area contributed by atoms with Crippen LogP contribution < -0.4 is 5.32 Å². The van der Waals surface area contributed by atoms with E-state index in [9.17, 15) is 9.90 Å². The van der Waals surface area contributed by atoms with Gasteiger partial charge in [-0.05, 0) is 44.1 Å². The summed E-state index contributed by atoms with van der Waals surface area (Å²) in [5.74, 6) is -0.0889. The number of aliphatic hydroxyl groups is 1. The average Bonchev–Trinajstić information content (AvgIpc) is 3.16. The molecule has 1 aliphatic heterocycles. The zero-order valence-electron chi connectivity index (χ0n) is 12.7. The van der Waals surface area contributed by atoms with Gasteiger partial charge in [0.15, 0.2) is 0 Å². The Balaban J connectivity index is 1.60. The van der Waals surface area contributed by atoms with Crippen LogP contribution in [0.1, 0.15) is 53.2 Å². The van der Waals surface area contributed by atoms with Crippen LogP contribution in [0.4, 0.5) is 0 Å². The minimum Gasteiger partial charge on any atom is -0.387 e. The molecule has 0 fully saturated rings. The van der Waals surface area contributed by atoms with E-state index in [2.05, 4.69) is 10.4 Å². The van der Waals surface area contributed by atoms with Crippen molar-refractivity contribution in [3.8, 4) is 0 Å². The lowest BCUT2D eigenvalue weighted by Gasteiger charge is -2.18. The zero-order chi connectivity index (χ0) is 15.5. The van der Waals surface area contributed by atoms with E-state index in [1.165, 1.54) is 11.3 Å². The Morgan fingerprint density at radius 2 is 2.41 bits per heavy atom. The number of thiophene rings is 1. The monoisotopic (exact) mass is 319 g/mol. The topological polar surface area (TPSA) is 67.2 Å². The molecule has 0 aromatic carbocycles. The molecule has 3 heterocycles. The highest BCUT2D eigenvalue weighted by molar-refractivity contribution is 7.10. The second-order valence-corrected chi connectivity index (χ2v) is 6.81. The lowest BCUT2D eigenvalue weighted by atomic mass is 10.1. The van der Waals surface area contributed by atoms with Crippen molar-refractivity contribution in [1.82, 2.24) is 15.1 Å². The van der Waals surface area contributed by atoms with Gasteiger partial charge in [-0.25, -0.2) is 0 Å². The third-order valence-electron chi connectivity index (χ3n) is 4.05.